The predicted molar refractivity (Wildman–Crippen MR) is 155 cm³/mol. The van der Waals surface area contributed by atoms with Gasteiger partial charge in [0.1, 0.15) is 5.70 Å². The molecule has 0 spiro atoms. The van der Waals surface area contributed by atoms with Crippen LogP contribution in [-0.4, -0.2) is 28.5 Å². The molecule has 0 aliphatic rings. The second-order valence-corrected chi connectivity index (χ2v) is 10.3. The standard InChI is InChI=1S/C28H23ClN4O3S2/c1-18-16-38-28(30-18)33-25(34)17-37-22-12-7-11-21(15-22)31-27(36)24(14-20-10-5-6-13-23(20)29)32-26(35)19-8-3-2-4-9-19/h2-16H,17H2,1H3,(H,31,36)(H,32,35)(H,30,33,34)/b24-14+. The van der Waals surface area contributed by atoms with Gasteiger partial charge in [0.2, 0.25) is 5.91 Å². The number of thioether (sulfide) groups is 1. The minimum atomic E-state index is -0.520. The average molecular weight is 563 g/mol. The minimum absolute atomic E-state index is 0.0307. The molecule has 38 heavy (non-hydrogen) atoms. The van der Waals surface area contributed by atoms with Gasteiger partial charge in [0, 0.05) is 26.5 Å². The Hall–Kier alpha value is -3.92. The number of carbonyl (C=O) groups is 3. The first-order valence-corrected chi connectivity index (χ1v) is 13.7. The molecule has 1 aromatic heterocycles. The van der Waals surface area contributed by atoms with Crippen molar-refractivity contribution >= 4 is 69.3 Å². The van der Waals surface area contributed by atoms with Crippen molar-refractivity contribution in [3.8, 4) is 0 Å². The van der Waals surface area contributed by atoms with Crippen LogP contribution in [0.2, 0.25) is 5.02 Å². The molecule has 1 heterocycles. The number of nitrogens with one attached hydrogen (secondary N) is 3. The largest absolute Gasteiger partial charge is 0.321 e. The van der Waals surface area contributed by atoms with Crippen molar-refractivity contribution in [2.45, 2.75) is 11.8 Å². The molecular weight excluding hydrogens is 540 g/mol. The second kappa shape index (κ2) is 13.0. The Morgan fingerprint density at radius 2 is 1.74 bits per heavy atom. The Morgan fingerprint density at radius 1 is 0.974 bits per heavy atom. The van der Waals surface area contributed by atoms with Gasteiger partial charge in [-0.05, 0) is 55.0 Å². The third-order valence-electron chi connectivity index (χ3n) is 5.06. The van der Waals surface area contributed by atoms with Crippen LogP contribution < -0.4 is 16.0 Å². The van der Waals surface area contributed by atoms with E-state index < -0.39 is 11.8 Å². The highest BCUT2D eigenvalue weighted by Crippen LogP contribution is 2.24. The molecule has 7 nitrogen and oxygen atoms in total. The van der Waals surface area contributed by atoms with E-state index in [1.54, 1.807) is 72.8 Å². The smallest absolute Gasteiger partial charge is 0.272 e. The molecule has 10 heteroatoms. The Kier molecular flexibility index (Phi) is 9.31. The summed E-state index contributed by atoms with van der Waals surface area (Å²) in [7, 11) is 0. The lowest BCUT2D eigenvalue weighted by Crippen LogP contribution is -2.30. The molecule has 3 amide bonds. The van der Waals surface area contributed by atoms with Gasteiger partial charge in [-0.1, -0.05) is 54.1 Å². The first kappa shape index (κ1) is 27.1. The molecule has 0 fully saturated rings. The second-order valence-electron chi connectivity index (χ2n) is 8.01. The summed E-state index contributed by atoms with van der Waals surface area (Å²) in [6.07, 6.45) is 1.53. The van der Waals surface area contributed by atoms with E-state index in [4.69, 9.17) is 11.6 Å². The molecule has 0 aliphatic heterocycles. The molecule has 0 atom stereocenters. The molecule has 0 saturated heterocycles. The zero-order chi connectivity index (χ0) is 26.9. The third-order valence-corrected chi connectivity index (χ3v) is 7.27. The number of aryl methyl sites for hydroxylation is 1. The highest BCUT2D eigenvalue weighted by atomic mass is 35.5. The number of anilines is 2. The Bertz CT molecular complexity index is 1490. The summed E-state index contributed by atoms with van der Waals surface area (Å²) in [5.41, 5.74) is 2.38. The van der Waals surface area contributed by atoms with Crippen LogP contribution in [0.3, 0.4) is 0 Å². The molecule has 3 aromatic carbocycles. The zero-order valence-electron chi connectivity index (χ0n) is 20.2. The third kappa shape index (κ3) is 7.79. The zero-order valence-corrected chi connectivity index (χ0v) is 22.6. The van der Waals surface area contributed by atoms with E-state index in [0.717, 1.165) is 10.6 Å². The molecule has 0 unspecified atom stereocenters. The van der Waals surface area contributed by atoms with E-state index in [0.29, 0.717) is 27.0 Å². The van der Waals surface area contributed by atoms with Gasteiger partial charge in [-0.15, -0.1) is 23.1 Å². The highest BCUT2D eigenvalue weighted by Gasteiger charge is 2.16. The summed E-state index contributed by atoms with van der Waals surface area (Å²) < 4.78 is 0. The molecule has 3 N–H and O–H groups in total. The number of benzene rings is 3. The quantitative estimate of drug-likeness (QED) is 0.165. The van der Waals surface area contributed by atoms with Gasteiger partial charge in [0.25, 0.3) is 11.8 Å². The molecule has 0 radical (unpaired) electrons. The first-order chi connectivity index (χ1) is 18.4. The topological polar surface area (TPSA) is 100 Å². The molecule has 0 bridgehead atoms. The predicted octanol–water partition coefficient (Wildman–Crippen LogP) is 6.25. The van der Waals surface area contributed by atoms with Crippen LogP contribution in [-0.2, 0) is 9.59 Å². The number of nitrogens with zero attached hydrogens (tertiary/aromatic N) is 1. The number of carbonyl (C=O) groups excluding carboxylic acids is 3. The lowest BCUT2D eigenvalue weighted by Gasteiger charge is -2.12. The fourth-order valence-electron chi connectivity index (χ4n) is 3.27. The summed E-state index contributed by atoms with van der Waals surface area (Å²) in [5.74, 6) is -0.939. The SMILES string of the molecule is Cc1csc(NC(=O)CSc2cccc(NC(=O)/C(=C\c3ccccc3Cl)NC(=O)c3ccccc3)c2)n1. The molecule has 4 aromatic rings. The van der Waals surface area contributed by atoms with E-state index in [1.807, 2.05) is 18.4 Å². The van der Waals surface area contributed by atoms with Crippen molar-refractivity contribution in [2.75, 3.05) is 16.4 Å². The molecule has 0 aliphatic carbocycles. The Morgan fingerprint density at radius 3 is 2.47 bits per heavy atom. The summed E-state index contributed by atoms with van der Waals surface area (Å²) in [5, 5.41) is 11.2. The maximum Gasteiger partial charge on any atom is 0.272 e. The number of amides is 3. The van der Waals surface area contributed by atoms with Crippen molar-refractivity contribution in [3.05, 3.63) is 112 Å². The maximum absolute atomic E-state index is 13.3. The van der Waals surface area contributed by atoms with E-state index in [1.165, 1.54) is 29.2 Å². The van der Waals surface area contributed by atoms with Gasteiger partial charge in [0.05, 0.1) is 11.4 Å². The molecular formula is C28H23ClN4O3S2. The number of rotatable bonds is 9. The number of hydrogen-bond acceptors (Lipinski definition) is 6. The van der Waals surface area contributed by atoms with Crippen molar-refractivity contribution in [1.29, 1.82) is 0 Å². The van der Waals surface area contributed by atoms with Crippen LogP contribution >= 0.6 is 34.7 Å². The number of aromatic nitrogens is 1. The van der Waals surface area contributed by atoms with Gasteiger partial charge in [-0.2, -0.15) is 0 Å². The normalized spacial score (nSPS) is 11.1. The number of halogens is 1. The monoisotopic (exact) mass is 562 g/mol. The summed E-state index contributed by atoms with van der Waals surface area (Å²) >= 11 is 8.99. The van der Waals surface area contributed by atoms with Crippen molar-refractivity contribution in [1.82, 2.24) is 10.3 Å². The first-order valence-electron chi connectivity index (χ1n) is 11.5. The maximum atomic E-state index is 13.3. The van der Waals surface area contributed by atoms with E-state index >= 15 is 0 Å². The molecule has 192 valence electrons. The summed E-state index contributed by atoms with van der Waals surface area (Å²) in [6.45, 7) is 1.86. The van der Waals surface area contributed by atoms with Crippen LogP contribution in [0.4, 0.5) is 10.8 Å². The van der Waals surface area contributed by atoms with Crippen LogP contribution in [0.15, 0.2) is 94.8 Å². The van der Waals surface area contributed by atoms with E-state index in [9.17, 15) is 14.4 Å². The lowest BCUT2D eigenvalue weighted by molar-refractivity contribution is -0.114. The lowest BCUT2D eigenvalue weighted by atomic mass is 10.1. The summed E-state index contributed by atoms with van der Waals surface area (Å²) in [6, 6.07) is 22.7. The minimum Gasteiger partial charge on any atom is -0.321 e. The van der Waals surface area contributed by atoms with Crippen LogP contribution in [0.1, 0.15) is 21.6 Å². The van der Waals surface area contributed by atoms with Crippen LogP contribution in [0, 0.1) is 6.92 Å². The fraction of sp³-hybridized carbons (Fsp3) is 0.0714. The Balaban J connectivity index is 1.46. The van der Waals surface area contributed by atoms with Crippen molar-refractivity contribution in [3.63, 3.8) is 0 Å². The van der Waals surface area contributed by atoms with Gasteiger partial charge in [-0.25, -0.2) is 4.98 Å². The molecule has 0 saturated carbocycles. The number of hydrogen-bond donors (Lipinski definition) is 3. The van der Waals surface area contributed by atoms with Crippen molar-refractivity contribution < 1.29 is 14.4 Å². The van der Waals surface area contributed by atoms with E-state index in [2.05, 4.69) is 20.9 Å². The van der Waals surface area contributed by atoms with Crippen molar-refractivity contribution in [2.24, 2.45) is 0 Å². The average Bonchev–Trinajstić information content (AvgIpc) is 3.33. The van der Waals surface area contributed by atoms with Gasteiger partial charge < -0.3 is 16.0 Å². The molecule has 4 rings (SSSR count). The number of thiazole rings is 1. The van der Waals surface area contributed by atoms with Crippen LogP contribution in [0.25, 0.3) is 6.08 Å². The summed E-state index contributed by atoms with van der Waals surface area (Å²) in [4.78, 5) is 43.4. The van der Waals surface area contributed by atoms with Crippen LogP contribution in [0.5, 0.6) is 0 Å². The van der Waals surface area contributed by atoms with Gasteiger partial charge in [0.15, 0.2) is 5.13 Å². The fourth-order valence-corrected chi connectivity index (χ4v) is 4.92. The van der Waals surface area contributed by atoms with Gasteiger partial charge >= 0.3 is 0 Å². The Labute approximate surface area is 233 Å². The highest BCUT2D eigenvalue weighted by molar-refractivity contribution is 8.00. The van der Waals surface area contributed by atoms with Gasteiger partial charge in [-0.3, -0.25) is 14.4 Å². The van der Waals surface area contributed by atoms with E-state index in [-0.39, 0.29) is 17.4 Å².